The molecule has 16 heavy (non-hydrogen) atoms. The van der Waals surface area contributed by atoms with Crippen LogP contribution in [0.4, 0.5) is 0 Å². The van der Waals surface area contributed by atoms with Crippen molar-refractivity contribution in [2.45, 2.75) is 45.1 Å². The van der Waals surface area contributed by atoms with E-state index in [1.54, 1.807) is 0 Å². The van der Waals surface area contributed by atoms with Crippen molar-refractivity contribution in [3.05, 3.63) is 12.2 Å². The highest BCUT2D eigenvalue weighted by Gasteiger charge is 2.18. The van der Waals surface area contributed by atoms with E-state index in [-0.39, 0.29) is 0 Å². The number of rotatable bonds is 4. The number of likely N-dealkylation sites (tertiary alicyclic amines) is 1. The Morgan fingerprint density at radius 1 is 1.25 bits per heavy atom. The summed E-state index contributed by atoms with van der Waals surface area (Å²) in [6, 6.07) is 0.665. The molecule has 1 fully saturated rings. The van der Waals surface area contributed by atoms with E-state index in [4.69, 9.17) is 0 Å². The topological polar surface area (TPSA) is 15.3 Å². The van der Waals surface area contributed by atoms with Crippen molar-refractivity contribution in [3.8, 4) is 0 Å². The molecule has 2 heteroatoms. The second kappa shape index (κ2) is 6.41. The number of hydrogen-bond acceptors (Lipinski definition) is 2. The van der Waals surface area contributed by atoms with Crippen molar-refractivity contribution >= 4 is 0 Å². The SMILES string of the molecule is CCN1CCC(CNC2C=CCCC2)CC1. The highest BCUT2D eigenvalue weighted by atomic mass is 15.1. The molecule has 2 nitrogen and oxygen atoms in total. The van der Waals surface area contributed by atoms with Gasteiger partial charge in [-0.2, -0.15) is 0 Å². The molecule has 0 amide bonds. The van der Waals surface area contributed by atoms with Gasteiger partial charge in [-0.15, -0.1) is 0 Å². The van der Waals surface area contributed by atoms with Crippen LogP contribution < -0.4 is 5.32 Å². The van der Waals surface area contributed by atoms with Crippen LogP contribution in [-0.4, -0.2) is 37.1 Å². The second-order valence-electron chi connectivity index (χ2n) is 5.25. The summed E-state index contributed by atoms with van der Waals surface area (Å²) in [5, 5.41) is 3.72. The van der Waals surface area contributed by atoms with E-state index < -0.39 is 0 Å². The summed E-state index contributed by atoms with van der Waals surface area (Å²) in [5.74, 6) is 0.915. The summed E-state index contributed by atoms with van der Waals surface area (Å²) in [6.45, 7) is 7.34. The Balaban J connectivity index is 1.63. The van der Waals surface area contributed by atoms with Crippen LogP contribution in [0.3, 0.4) is 0 Å². The lowest BCUT2D eigenvalue weighted by atomic mass is 9.95. The first-order valence-electron chi connectivity index (χ1n) is 7.01. The van der Waals surface area contributed by atoms with Crippen LogP contribution >= 0.6 is 0 Å². The molecule has 0 aromatic carbocycles. The van der Waals surface area contributed by atoms with Crippen LogP contribution in [0, 0.1) is 5.92 Å². The molecule has 1 atom stereocenters. The first kappa shape index (κ1) is 12.1. The molecule has 0 saturated carbocycles. The largest absolute Gasteiger partial charge is 0.310 e. The van der Waals surface area contributed by atoms with Crippen molar-refractivity contribution in [2.24, 2.45) is 5.92 Å². The van der Waals surface area contributed by atoms with Gasteiger partial charge < -0.3 is 10.2 Å². The predicted molar refractivity (Wildman–Crippen MR) is 69.6 cm³/mol. The van der Waals surface area contributed by atoms with Gasteiger partial charge in [0.2, 0.25) is 0 Å². The molecule has 0 aromatic heterocycles. The quantitative estimate of drug-likeness (QED) is 0.735. The zero-order valence-corrected chi connectivity index (χ0v) is 10.6. The fourth-order valence-corrected chi connectivity index (χ4v) is 2.81. The Labute approximate surface area is 100 Å². The van der Waals surface area contributed by atoms with E-state index in [0.29, 0.717) is 6.04 Å². The predicted octanol–water partition coefficient (Wildman–Crippen LogP) is 2.42. The van der Waals surface area contributed by atoms with E-state index in [9.17, 15) is 0 Å². The van der Waals surface area contributed by atoms with Crippen LogP contribution in [0.1, 0.15) is 39.0 Å². The first-order chi connectivity index (χ1) is 7.88. The lowest BCUT2D eigenvalue weighted by molar-refractivity contribution is 0.188. The second-order valence-corrected chi connectivity index (χ2v) is 5.25. The molecule has 2 rings (SSSR count). The fourth-order valence-electron chi connectivity index (χ4n) is 2.81. The molecule has 1 heterocycles. The van der Waals surface area contributed by atoms with Gasteiger partial charge in [0.25, 0.3) is 0 Å². The summed E-state index contributed by atoms with van der Waals surface area (Å²) in [4.78, 5) is 2.57. The third-order valence-electron chi connectivity index (χ3n) is 4.08. The van der Waals surface area contributed by atoms with Crippen LogP contribution in [0.15, 0.2) is 12.2 Å². The van der Waals surface area contributed by atoms with Gasteiger partial charge in [-0.25, -0.2) is 0 Å². The molecule has 1 N–H and O–H groups in total. The summed E-state index contributed by atoms with van der Waals surface area (Å²) < 4.78 is 0. The summed E-state index contributed by atoms with van der Waals surface area (Å²) >= 11 is 0. The van der Waals surface area contributed by atoms with Gasteiger partial charge in [0.15, 0.2) is 0 Å². The molecular weight excluding hydrogens is 196 g/mol. The number of nitrogens with zero attached hydrogens (tertiary/aromatic N) is 1. The zero-order chi connectivity index (χ0) is 11.2. The molecule has 1 unspecified atom stereocenters. The molecule has 1 aliphatic heterocycles. The Morgan fingerprint density at radius 3 is 2.69 bits per heavy atom. The minimum absolute atomic E-state index is 0.665. The van der Waals surface area contributed by atoms with Gasteiger partial charge in [0.05, 0.1) is 0 Å². The van der Waals surface area contributed by atoms with E-state index in [1.165, 1.54) is 58.3 Å². The van der Waals surface area contributed by atoms with Gasteiger partial charge in [0.1, 0.15) is 0 Å². The average molecular weight is 222 g/mol. The molecule has 92 valence electrons. The van der Waals surface area contributed by atoms with Gasteiger partial charge in [-0.05, 0) is 64.2 Å². The van der Waals surface area contributed by atoms with Gasteiger partial charge in [-0.1, -0.05) is 19.1 Å². The average Bonchev–Trinajstić information content (AvgIpc) is 2.38. The lowest BCUT2D eigenvalue weighted by Crippen LogP contribution is -2.39. The smallest absolute Gasteiger partial charge is 0.0250 e. The summed E-state index contributed by atoms with van der Waals surface area (Å²) in [5.41, 5.74) is 0. The van der Waals surface area contributed by atoms with E-state index in [2.05, 4.69) is 29.3 Å². The van der Waals surface area contributed by atoms with E-state index in [0.717, 1.165) is 5.92 Å². The maximum atomic E-state index is 3.72. The van der Waals surface area contributed by atoms with Crippen molar-refractivity contribution in [2.75, 3.05) is 26.2 Å². The van der Waals surface area contributed by atoms with Crippen molar-refractivity contribution < 1.29 is 0 Å². The molecular formula is C14H26N2. The van der Waals surface area contributed by atoms with Crippen molar-refractivity contribution in [1.29, 1.82) is 0 Å². The normalized spacial score (nSPS) is 28.4. The van der Waals surface area contributed by atoms with Crippen LogP contribution in [-0.2, 0) is 0 Å². The monoisotopic (exact) mass is 222 g/mol. The Morgan fingerprint density at radius 2 is 2.06 bits per heavy atom. The van der Waals surface area contributed by atoms with Crippen LogP contribution in [0.25, 0.3) is 0 Å². The molecule has 1 aliphatic carbocycles. The number of piperidine rings is 1. The van der Waals surface area contributed by atoms with E-state index in [1.807, 2.05) is 0 Å². The fraction of sp³-hybridized carbons (Fsp3) is 0.857. The Kier molecular flexibility index (Phi) is 4.86. The van der Waals surface area contributed by atoms with E-state index >= 15 is 0 Å². The highest BCUT2D eigenvalue weighted by Crippen LogP contribution is 2.17. The van der Waals surface area contributed by atoms with Crippen LogP contribution in [0.5, 0.6) is 0 Å². The van der Waals surface area contributed by atoms with Gasteiger partial charge in [-0.3, -0.25) is 0 Å². The van der Waals surface area contributed by atoms with Crippen LogP contribution in [0.2, 0.25) is 0 Å². The third-order valence-corrected chi connectivity index (χ3v) is 4.08. The molecule has 1 saturated heterocycles. The minimum Gasteiger partial charge on any atom is -0.310 e. The standard InChI is InChI=1S/C14H26N2/c1-2-16-10-8-13(9-11-16)12-15-14-6-4-3-5-7-14/h4,6,13-15H,2-3,5,7-12H2,1H3. The Hall–Kier alpha value is -0.340. The van der Waals surface area contributed by atoms with Gasteiger partial charge >= 0.3 is 0 Å². The zero-order valence-electron chi connectivity index (χ0n) is 10.6. The number of nitrogens with one attached hydrogen (secondary N) is 1. The molecule has 2 aliphatic rings. The highest BCUT2D eigenvalue weighted by molar-refractivity contribution is 4.97. The molecule has 0 spiro atoms. The maximum absolute atomic E-state index is 3.72. The Bertz CT molecular complexity index is 217. The maximum Gasteiger partial charge on any atom is 0.0250 e. The molecule has 0 bridgehead atoms. The molecule has 0 radical (unpaired) electrons. The van der Waals surface area contributed by atoms with Gasteiger partial charge in [0, 0.05) is 6.04 Å². The van der Waals surface area contributed by atoms with Crippen molar-refractivity contribution in [1.82, 2.24) is 10.2 Å². The molecule has 0 aromatic rings. The number of allylic oxidation sites excluding steroid dienone is 1. The third kappa shape index (κ3) is 3.60. The minimum atomic E-state index is 0.665. The first-order valence-corrected chi connectivity index (χ1v) is 7.01. The van der Waals surface area contributed by atoms with Crippen molar-refractivity contribution in [3.63, 3.8) is 0 Å². The summed E-state index contributed by atoms with van der Waals surface area (Å²) in [7, 11) is 0. The number of hydrogen-bond donors (Lipinski definition) is 1. The summed E-state index contributed by atoms with van der Waals surface area (Å²) in [6.07, 6.45) is 11.5. The lowest BCUT2D eigenvalue weighted by Gasteiger charge is -2.32.